The van der Waals surface area contributed by atoms with Crippen LogP contribution in [0, 0.1) is 0 Å². The number of hydrogen-bond donors (Lipinski definition) is 4. The molecule has 3 atom stereocenters. The van der Waals surface area contributed by atoms with Crippen LogP contribution < -0.4 is 16.2 Å². The molecule has 0 saturated carbocycles. The molecule has 0 aliphatic carbocycles. The molecule has 3 heterocycles. The lowest BCUT2D eigenvalue weighted by Crippen LogP contribution is -2.54. The highest BCUT2D eigenvalue weighted by molar-refractivity contribution is 7.80. The molecule has 0 aromatic carbocycles. The van der Waals surface area contributed by atoms with Crippen molar-refractivity contribution in [3.05, 3.63) is 0 Å². The lowest BCUT2D eigenvalue weighted by Gasteiger charge is -2.29. The normalized spacial score (nSPS) is 28.3. The van der Waals surface area contributed by atoms with E-state index >= 15 is 0 Å². The minimum absolute atomic E-state index is 0.0897. The van der Waals surface area contributed by atoms with Gasteiger partial charge in [-0.25, -0.2) is 4.79 Å². The van der Waals surface area contributed by atoms with Crippen molar-refractivity contribution in [3.8, 4) is 0 Å². The molecule has 12 nitrogen and oxygen atoms in total. The van der Waals surface area contributed by atoms with E-state index in [0.717, 1.165) is 24.3 Å². The van der Waals surface area contributed by atoms with E-state index in [1.54, 1.807) is 0 Å². The van der Waals surface area contributed by atoms with E-state index in [-0.39, 0.29) is 31.3 Å². The molecule has 0 radical (unpaired) electrons. The average Bonchev–Trinajstić information content (AvgIpc) is 3.15. The Balaban J connectivity index is 1.52. The summed E-state index contributed by atoms with van der Waals surface area (Å²) >= 11 is 0. The number of hydroxylamine groups is 2. The first kappa shape index (κ1) is 18.8. The van der Waals surface area contributed by atoms with Gasteiger partial charge in [-0.1, -0.05) is 0 Å². The second-order valence-corrected chi connectivity index (χ2v) is 7.55. The van der Waals surface area contributed by atoms with Crippen molar-refractivity contribution in [1.29, 1.82) is 0 Å². The third kappa shape index (κ3) is 4.23. The Bertz CT molecular complexity index is 693. The largest absolute Gasteiger partial charge is 0.418 e. The van der Waals surface area contributed by atoms with Crippen LogP contribution >= 0.6 is 0 Å². The summed E-state index contributed by atoms with van der Waals surface area (Å²) in [4.78, 5) is 37.5. The van der Waals surface area contributed by atoms with E-state index < -0.39 is 34.4 Å². The van der Waals surface area contributed by atoms with Crippen LogP contribution in [0.1, 0.15) is 32.1 Å². The van der Waals surface area contributed by atoms with Gasteiger partial charge in [0, 0.05) is 19.0 Å². The fourth-order valence-corrected chi connectivity index (χ4v) is 3.91. The first-order valence-corrected chi connectivity index (χ1v) is 9.70. The van der Waals surface area contributed by atoms with Crippen molar-refractivity contribution < 1.29 is 31.6 Å². The summed E-state index contributed by atoms with van der Waals surface area (Å²) in [6.45, 7) is 0.957. The summed E-state index contributed by atoms with van der Waals surface area (Å²) < 4.78 is 34.7. The number of urea groups is 1. The van der Waals surface area contributed by atoms with E-state index in [4.69, 9.17) is 4.55 Å². The summed E-state index contributed by atoms with van der Waals surface area (Å²) in [5.41, 5.74) is 4.64. The molecular weight excluding hydrogens is 370 g/mol. The van der Waals surface area contributed by atoms with Gasteiger partial charge < -0.3 is 10.2 Å². The highest BCUT2D eigenvalue weighted by Crippen LogP contribution is 2.30. The standard InChI is InChI=1S/C13H21N5O7S/c19-11(6-8-2-1-5-14-8)15-16-12(20)10-4-3-9-7-17(10)13(21)18(9)25-26(22,23)24/h8-10,14H,1-7H2,(H,15,19)(H,16,20)(H,22,23,24). The van der Waals surface area contributed by atoms with Crippen LogP contribution in [0.3, 0.4) is 0 Å². The van der Waals surface area contributed by atoms with E-state index in [0.29, 0.717) is 11.5 Å². The Morgan fingerprint density at radius 1 is 1.27 bits per heavy atom. The summed E-state index contributed by atoms with van der Waals surface area (Å²) in [5.74, 6) is -0.909. The maximum atomic E-state index is 12.3. The molecule has 3 fully saturated rings. The lowest BCUT2D eigenvalue weighted by molar-refractivity contribution is -0.132. The first-order valence-electron chi connectivity index (χ1n) is 8.33. The molecule has 26 heavy (non-hydrogen) atoms. The number of nitrogens with one attached hydrogen (secondary N) is 3. The van der Waals surface area contributed by atoms with Crippen LogP contribution in [0.25, 0.3) is 0 Å². The molecular formula is C13H21N5O7S. The van der Waals surface area contributed by atoms with Gasteiger partial charge >= 0.3 is 16.4 Å². The second kappa shape index (κ2) is 7.34. The van der Waals surface area contributed by atoms with E-state index in [1.165, 1.54) is 0 Å². The van der Waals surface area contributed by atoms with Crippen LogP contribution in [0.15, 0.2) is 0 Å². The molecule has 0 spiro atoms. The minimum atomic E-state index is -4.83. The van der Waals surface area contributed by atoms with Crippen molar-refractivity contribution in [3.63, 3.8) is 0 Å². The summed E-state index contributed by atoms with van der Waals surface area (Å²) in [7, 11) is -4.83. The Morgan fingerprint density at radius 3 is 2.69 bits per heavy atom. The summed E-state index contributed by atoms with van der Waals surface area (Å²) in [6, 6.07) is -2.17. The van der Waals surface area contributed by atoms with Gasteiger partial charge in [0.25, 0.3) is 5.91 Å². The molecule has 3 aliphatic rings. The van der Waals surface area contributed by atoms with Crippen LogP contribution in [0.5, 0.6) is 0 Å². The molecule has 4 N–H and O–H groups in total. The number of piperidine rings is 1. The second-order valence-electron chi connectivity index (χ2n) is 6.54. The van der Waals surface area contributed by atoms with E-state index in [9.17, 15) is 22.8 Å². The zero-order valence-corrected chi connectivity index (χ0v) is 14.7. The molecule has 4 amide bonds. The summed E-state index contributed by atoms with van der Waals surface area (Å²) in [5, 5.41) is 3.74. The van der Waals surface area contributed by atoms with Gasteiger partial charge in [-0.2, -0.15) is 13.5 Å². The molecule has 0 aromatic rings. The SMILES string of the molecule is O=C(CC1CCCN1)NNC(=O)C1CCC2CN1C(=O)N2OS(=O)(=O)O. The van der Waals surface area contributed by atoms with Crippen molar-refractivity contribution in [2.24, 2.45) is 0 Å². The molecule has 3 rings (SSSR count). The van der Waals surface area contributed by atoms with Gasteiger partial charge in [-0.3, -0.25) is 25.0 Å². The number of carbonyl (C=O) groups excluding carboxylic acids is 3. The zero-order valence-electron chi connectivity index (χ0n) is 13.9. The third-order valence-corrected chi connectivity index (χ3v) is 5.07. The number of amides is 4. The van der Waals surface area contributed by atoms with Gasteiger partial charge in [-0.05, 0) is 32.2 Å². The predicted molar refractivity (Wildman–Crippen MR) is 85.3 cm³/mol. The number of hydrogen-bond acceptors (Lipinski definition) is 7. The Kier molecular flexibility index (Phi) is 5.32. The highest BCUT2D eigenvalue weighted by Gasteiger charge is 2.49. The number of carbonyl (C=O) groups is 3. The fourth-order valence-electron chi connectivity index (χ4n) is 3.52. The van der Waals surface area contributed by atoms with E-state index in [1.807, 2.05) is 0 Å². The zero-order chi connectivity index (χ0) is 18.9. The van der Waals surface area contributed by atoms with Crippen molar-refractivity contribution >= 4 is 28.2 Å². The smallest absolute Gasteiger partial charge is 0.313 e. The Morgan fingerprint density at radius 2 is 2.04 bits per heavy atom. The molecule has 146 valence electrons. The van der Waals surface area contributed by atoms with Gasteiger partial charge in [0.05, 0.1) is 6.04 Å². The molecule has 2 bridgehead atoms. The maximum absolute atomic E-state index is 12.3. The number of hydrazine groups is 1. The van der Waals surface area contributed by atoms with Crippen LogP contribution in [0.2, 0.25) is 0 Å². The Hall–Kier alpha value is -1.96. The average molecular weight is 391 g/mol. The molecule has 3 unspecified atom stereocenters. The van der Waals surface area contributed by atoms with Gasteiger partial charge in [0.1, 0.15) is 6.04 Å². The monoisotopic (exact) mass is 391 g/mol. The first-order chi connectivity index (χ1) is 12.2. The molecule has 3 saturated heterocycles. The van der Waals surface area contributed by atoms with Gasteiger partial charge in [0.2, 0.25) is 5.91 Å². The third-order valence-electron chi connectivity index (χ3n) is 4.72. The number of fused-ring (bicyclic) bond motifs is 2. The topological polar surface area (TPSA) is 157 Å². The van der Waals surface area contributed by atoms with Gasteiger partial charge in [-0.15, -0.1) is 4.28 Å². The molecule has 0 aromatic heterocycles. The summed E-state index contributed by atoms with van der Waals surface area (Å²) in [6.07, 6.45) is 2.74. The Labute approximate surface area is 150 Å². The maximum Gasteiger partial charge on any atom is 0.418 e. The lowest BCUT2D eigenvalue weighted by atomic mass is 10.0. The van der Waals surface area contributed by atoms with Crippen molar-refractivity contribution in [2.45, 2.75) is 50.2 Å². The van der Waals surface area contributed by atoms with Gasteiger partial charge in [0.15, 0.2) is 0 Å². The number of rotatable bonds is 5. The highest BCUT2D eigenvalue weighted by atomic mass is 32.3. The quantitative estimate of drug-likeness (QED) is 0.318. The number of nitrogens with zero attached hydrogens (tertiary/aromatic N) is 2. The molecule has 3 aliphatic heterocycles. The fraction of sp³-hybridized carbons (Fsp3) is 0.769. The minimum Gasteiger partial charge on any atom is -0.313 e. The van der Waals surface area contributed by atoms with Crippen molar-refractivity contribution in [2.75, 3.05) is 13.1 Å². The van der Waals surface area contributed by atoms with Crippen LogP contribution in [-0.2, 0) is 24.3 Å². The van der Waals surface area contributed by atoms with E-state index in [2.05, 4.69) is 20.5 Å². The van der Waals surface area contributed by atoms with Crippen molar-refractivity contribution in [1.82, 2.24) is 26.1 Å². The molecule has 13 heteroatoms. The van der Waals surface area contributed by atoms with Crippen LogP contribution in [-0.4, -0.2) is 72.0 Å². The van der Waals surface area contributed by atoms with Crippen LogP contribution in [0.4, 0.5) is 4.79 Å². The predicted octanol–water partition coefficient (Wildman–Crippen LogP) is -1.72.